The van der Waals surface area contributed by atoms with Gasteiger partial charge < -0.3 is 9.84 Å². The highest BCUT2D eigenvalue weighted by Gasteiger charge is 2.41. The molecule has 0 saturated carbocycles. The van der Waals surface area contributed by atoms with Gasteiger partial charge in [-0.05, 0) is 67.3 Å². The molecule has 0 radical (unpaired) electrons. The molecule has 1 aliphatic rings. The highest BCUT2D eigenvalue weighted by atomic mass is 28.2. The van der Waals surface area contributed by atoms with E-state index in [0.29, 0.717) is 17.4 Å². The standard InChI is InChI=1S/C20H32O3Si/c1-11(2)19(6,7)24-17-13(4)12(3)16-15(14(17)5)9-10-20(8,23-16)18(21)22/h11H,9-10,24H2,1-8H3,(H,21,22). The van der Waals surface area contributed by atoms with Crippen molar-refractivity contribution in [1.29, 1.82) is 0 Å². The molecule has 0 bridgehead atoms. The second kappa shape index (κ2) is 6.21. The molecular weight excluding hydrogens is 316 g/mol. The first-order valence-corrected chi connectivity index (χ1v) is 10.4. The smallest absolute Gasteiger partial charge is 0.347 e. The third kappa shape index (κ3) is 3.13. The Kier molecular flexibility index (Phi) is 4.93. The van der Waals surface area contributed by atoms with Gasteiger partial charge in [-0.2, -0.15) is 0 Å². The Morgan fingerprint density at radius 1 is 1.21 bits per heavy atom. The summed E-state index contributed by atoms with van der Waals surface area (Å²) in [5, 5.41) is 11.4. The van der Waals surface area contributed by atoms with E-state index in [4.69, 9.17) is 4.74 Å². The van der Waals surface area contributed by atoms with E-state index in [1.54, 1.807) is 12.1 Å². The summed E-state index contributed by atoms with van der Waals surface area (Å²) < 4.78 is 6.02. The minimum Gasteiger partial charge on any atom is -0.478 e. The van der Waals surface area contributed by atoms with Gasteiger partial charge in [-0.1, -0.05) is 32.9 Å². The molecular formula is C20H32O3Si. The first-order valence-electron chi connectivity index (χ1n) is 8.94. The van der Waals surface area contributed by atoms with Crippen LogP contribution in [0.3, 0.4) is 0 Å². The fraction of sp³-hybridized carbons (Fsp3) is 0.650. The third-order valence-corrected chi connectivity index (χ3v) is 9.50. The van der Waals surface area contributed by atoms with Gasteiger partial charge in [0, 0.05) is 6.42 Å². The molecule has 4 heteroatoms. The monoisotopic (exact) mass is 348 g/mol. The Morgan fingerprint density at radius 2 is 1.79 bits per heavy atom. The van der Waals surface area contributed by atoms with Crippen molar-refractivity contribution < 1.29 is 14.6 Å². The van der Waals surface area contributed by atoms with E-state index in [0.717, 1.165) is 17.7 Å². The zero-order valence-corrected chi connectivity index (χ0v) is 17.9. The van der Waals surface area contributed by atoms with Crippen LogP contribution >= 0.6 is 0 Å². The number of benzene rings is 1. The number of rotatable bonds is 4. The molecule has 1 atom stereocenters. The molecule has 1 aromatic rings. The van der Waals surface area contributed by atoms with Crippen LogP contribution in [0.4, 0.5) is 0 Å². The van der Waals surface area contributed by atoms with Gasteiger partial charge in [-0.15, -0.1) is 0 Å². The van der Waals surface area contributed by atoms with Crippen molar-refractivity contribution in [2.75, 3.05) is 0 Å². The molecule has 0 fully saturated rings. The number of hydrogen-bond acceptors (Lipinski definition) is 2. The molecule has 0 amide bonds. The molecule has 1 N–H and O–H groups in total. The van der Waals surface area contributed by atoms with E-state index in [9.17, 15) is 9.90 Å². The lowest BCUT2D eigenvalue weighted by Gasteiger charge is -2.37. The van der Waals surface area contributed by atoms with Gasteiger partial charge in [0.05, 0.1) is 9.52 Å². The molecule has 1 unspecified atom stereocenters. The van der Waals surface area contributed by atoms with Crippen molar-refractivity contribution >= 4 is 20.7 Å². The number of carboxylic acid groups (broad SMARTS) is 1. The van der Waals surface area contributed by atoms with Crippen molar-refractivity contribution in [3.8, 4) is 5.75 Å². The van der Waals surface area contributed by atoms with Crippen molar-refractivity contribution in [2.24, 2.45) is 5.92 Å². The van der Waals surface area contributed by atoms with Gasteiger partial charge in [0.1, 0.15) is 5.75 Å². The molecule has 1 heterocycles. The lowest BCUT2D eigenvalue weighted by Crippen LogP contribution is -2.45. The van der Waals surface area contributed by atoms with Crippen molar-refractivity contribution in [2.45, 2.75) is 78.9 Å². The summed E-state index contributed by atoms with van der Waals surface area (Å²) in [6.07, 6.45) is 1.32. The van der Waals surface area contributed by atoms with E-state index in [1.165, 1.54) is 16.7 Å². The van der Waals surface area contributed by atoms with E-state index >= 15 is 0 Å². The first-order chi connectivity index (χ1) is 10.9. The van der Waals surface area contributed by atoms with Gasteiger partial charge in [-0.3, -0.25) is 0 Å². The van der Waals surface area contributed by atoms with E-state index in [1.807, 2.05) is 0 Å². The Labute approximate surface area is 148 Å². The van der Waals surface area contributed by atoms with Crippen molar-refractivity contribution in [3.63, 3.8) is 0 Å². The Hall–Kier alpha value is -1.29. The van der Waals surface area contributed by atoms with Crippen LogP contribution in [0.5, 0.6) is 5.75 Å². The third-order valence-electron chi connectivity index (χ3n) is 6.36. The van der Waals surface area contributed by atoms with E-state index in [-0.39, 0.29) is 0 Å². The van der Waals surface area contributed by atoms with Crippen LogP contribution in [-0.4, -0.2) is 26.2 Å². The topological polar surface area (TPSA) is 46.5 Å². The van der Waals surface area contributed by atoms with Crippen LogP contribution < -0.4 is 9.92 Å². The largest absolute Gasteiger partial charge is 0.478 e. The van der Waals surface area contributed by atoms with Gasteiger partial charge in [-0.25, -0.2) is 4.79 Å². The Morgan fingerprint density at radius 3 is 2.29 bits per heavy atom. The Balaban J connectivity index is 2.54. The molecule has 3 nitrogen and oxygen atoms in total. The summed E-state index contributed by atoms with van der Waals surface area (Å²) in [4.78, 5) is 11.6. The molecule has 1 aliphatic heterocycles. The molecule has 0 aliphatic carbocycles. The molecule has 134 valence electrons. The molecule has 2 rings (SSSR count). The zero-order chi connectivity index (χ0) is 18.4. The summed E-state index contributed by atoms with van der Waals surface area (Å²) in [5.41, 5.74) is 3.91. The second-order valence-corrected chi connectivity index (χ2v) is 11.5. The van der Waals surface area contributed by atoms with E-state index in [2.05, 4.69) is 48.5 Å². The van der Waals surface area contributed by atoms with Gasteiger partial charge in [0.2, 0.25) is 5.60 Å². The quantitative estimate of drug-likeness (QED) is 0.848. The summed E-state index contributed by atoms with van der Waals surface area (Å²) in [7, 11) is -0.456. The average Bonchev–Trinajstić information content (AvgIpc) is 2.49. The minimum absolute atomic E-state index is 0.362. The van der Waals surface area contributed by atoms with Gasteiger partial charge >= 0.3 is 5.97 Å². The second-order valence-electron chi connectivity index (χ2n) is 8.62. The van der Waals surface area contributed by atoms with Crippen LogP contribution in [0, 0.1) is 26.7 Å². The maximum atomic E-state index is 11.6. The van der Waals surface area contributed by atoms with Crippen LogP contribution in [0.2, 0.25) is 5.04 Å². The molecule has 0 spiro atoms. The zero-order valence-electron chi connectivity index (χ0n) is 16.5. The normalized spacial score (nSPS) is 21.2. The fourth-order valence-corrected chi connectivity index (χ4v) is 5.74. The van der Waals surface area contributed by atoms with Gasteiger partial charge in [0.15, 0.2) is 0 Å². The number of carbonyl (C=O) groups is 1. The maximum Gasteiger partial charge on any atom is 0.347 e. The highest BCUT2D eigenvalue weighted by Crippen LogP contribution is 2.40. The predicted molar refractivity (Wildman–Crippen MR) is 103 cm³/mol. The van der Waals surface area contributed by atoms with Crippen molar-refractivity contribution in [1.82, 2.24) is 0 Å². The summed E-state index contributed by atoms with van der Waals surface area (Å²) in [6, 6.07) is 0. The number of ether oxygens (including phenoxy) is 1. The van der Waals surface area contributed by atoms with Crippen LogP contribution in [-0.2, 0) is 11.2 Å². The number of hydrogen-bond donors (Lipinski definition) is 1. The SMILES string of the molecule is Cc1c(C)c([SiH2]C(C)(C)C(C)C)c(C)c2c1OC(C)(C(=O)O)CC2. The average molecular weight is 349 g/mol. The number of aliphatic carboxylic acids is 1. The molecule has 0 saturated heterocycles. The van der Waals surface area contributed by atoms with E-state index < -0.39 is 21.1 Å². The maximum absolute atomic E-state index is 11.6. The molecule has 1 aromatic carbocycles. The van der Waals surface area contributed by atoms with Crippen LogP contribution in [0.15, 0.2) is 0 Å². The predicted octanol–water partition coefficient (Wildman–Crippen LogP) is 3.43. The van der Waals surface area contributed by atoms with Gasteiger partial charge in [0.25, 0.3) is 0 Å². The molecule has 0 aromatic heterocycles. The summed E-state index contributed by atoms with van der Waals surface area (Å²) in [6.45, 7) is 17.5. The summed E-state index contributed by atoms with van der Waals surface area (Å²) in [5.74, 6) is 0.606. The number of carboxylic acids is 1. The van der Waals surface area contributed by atoms with Crippen LogP contribution in [0.1, 0.15) is 63.3 Å². The van der Waals surface area contributed by atoms with Crippen molar-refractivity contribution in [3.05, 3.63) is 22.3 Å². The summed E-state index contributed by atoms with van der Waals surface area (Å²) >= 11 is 0. The lowest BCUT2D eigenvalue weighted by atomic mass is 9.87. The lowest BCUT2D eigenvalue weighted by molar-refractivity contribution is -0.155. The van der Waals surface area contributed by atoms with Crippen LogP contribution in [0.25, 0.3) is 0 Å². The minimum atomic E-state index is -1.10. The number of fused-ring (bicyclic) bond motifs is 1. The Bertz CT molecular complexity index is 676. The highest BCUT2D eigenvalue weighted by molar-refractivity contribution is 6.58. The first kappa shape index (κ1) is 19.0. The molecule has 24 heavy (non-hydrogen) atoms. The fourth-order valence-electron chi connectivity index (χ4n) is 3.41.